The van der Waals surface area contributed by atoms with E-state index in [0.717, 1.165) is 26.2 Å². The van der Waals surface area contributed by atoms with Gasteiger partial charge in [-0.3, -0.25) is 4.90 Å². The average Bonchev–Trinajstić information content (AvgIpc) is 2.31. The third kappa shape index (κ3) is 3.44. The Bertz CT molecular complexity index is 181. The van der Waals surface area contributed by atoms with E-state index < -0.39 is 0 Å². The second kappa shape index (κ2) is 7.25. The second-order valence-electron chi connectivity index (χ2n) is 4.73. The van der Waals surface area contributed by atoms with Crippen molar-refractivity contribution in [2.24, 2.45) is 0 Å². The first-order valence-corrected chi connectivity index (χ1v) is 6.77. The van der Waals surface area contributed by atoms with Crippen LogP contribution < -0.4 is 5.32 Å². The fourth-order valence-electron chi connectivity index (χ4n) is 2.76. The molecule has 16 heavy (non-hydrogen) atoms. The molecule has 0 aromatic heterocycles. The highest BCUT2D eigenvalue weighted by Gasteiger charge is 2.30. The lowest BCUT2D eigenvalue weighted by Gasteiger charge is -2.41. The maximum atomic E-state index is 5.64. The predicted octanol–water partition coefficient (Wildman–Crippen LogP) is 1.87. The zero-order valence-electron chi connectivity index (χ0n) is 11.3. The molecule has 96 valence electrons. The van der Waals surface area contributed by atoms with E-state index in [4.69, 9.17) is 4.74 Å². The van der Waals surface area contributed by atoms with Crippen LogP contribution >= 0.6 is 0 Å². The molecular weight excluding hydrogens is 200 g/mol. The highest BCUT2D eigenvalue weighted by Crippen LogP contribution is 2.18. The molecule has 0 spiro atoms. The Morgan fingerprint density at radius 3 is 2.56 bits per heavy atom. The van der Waals surface area contributed by atoms with Crippen molar-refractivity contribution in [1.82, 2.24) is 10.2 Å². The summed E-state index contributed by atoms with van der Waals surface area (Å²) in [6, 6.07) is 1.83. The van der Waals surface area contributed by atoms with Crippen molar-refractivity contribution < 1.29 is 4.74 Å². The van der Waals surface area contributed by atoms with Gasteiger partial charge in [0.2, 0.25) is 0 Å². The predicted molar refractivity (Wildman–Crippen MR) is 68.8 cm³/mol. The van der Waals surface area contributed by atoms with Crippen molar-refractivity contribution in [2.75, 3.05) is 26.8 Å². The van der Waals surface area contributed by atoms with E-state index in [2.05, 4.69) is 38.0 Å². The molecule has 0 aromatic carbocycles. The summed E-state index contributed by atoms with van der Waals surface area (Å²) in [5.74, 6) is 0. The van der Waals surface area contributed by atoms with E-state index in [1.54, 1.807) is 0 Å². The van der Waals surface area contributed by atoms with Crippen molar-refractivity contribution >= 4 is 0 Å². The highest BCUT2D eigenvalue weighted by atomic mass is 16.5. The molecule has 1 N–H and O–H groups in total. The van der Waals surface area contributed by atoms with Gasteiger partial charge >= 0.3 is 0 Å². The topological polar surface area (TPSA) is 24.5 Å². The lowest BCUT2D eigenvalue weighted by atomic mass is 9.99. The van der Waals surface area contributed by atoms with Crippen molar-refractivity contribution in [3.05, 3.63) is 0 Å². The summed E-state index contributed by atoms with van der Waals surface area (Å²) >= 11 is 0. The van der Waals surface area contributed by atoms with Gasteiger partial charge in [-0.15, -0.1) is 0 Å². The van der Waals surface area contributed by atoms with Crippen LogP contribution in [-0.2, 0) is 4.74 Å². The largest absolute Gasteiger partial charge is 0.380 e. The molecule has 1 aliphatic rings. The second-order valence-corrected chi connectivity index (χ2v) is 4.73. The minimum absolute atomic E-state index is 0.540. The number of ether oxygens (including phenoxy) is 1. The summed E-state index contributed by atoms with van der Waals surface area (Å²) in [5, 5.41) is 3.60. The summed E-state index contributed by atoms with van der Waals surface area (Å²) < 4.78 is 5.64. The number of hydrogen-bond donors (Lipinski definition) is 1. The fraction of sp³-hybridized carbons (Fsp3) is 1.00. The van der Waals surface area contributed by atoms with Crippen LogP contribution in [0.25, 0.3) is 0 Å². The van der Waals surface area contributed by atoms with Gasteiger partial charge in [-0.25, -0.2) is 0 Å². The molecule has 1 saturated heterocycles. The number of hydrogen-bond acceptors (Lipinski definition) is 3. The highest BCUT2D eigenvalue weighted by molar-refractivity contribution is 4.88. The first-order valence-electron chi connectivity index (χ1n) is 6.77. The molecule has 0 aliphatic carbocycles. The summed E-state index contributed by atoms with van der Waals surface area (Å²) in [5.41, 5.74) is 0. The molecule has 0 amide bonds. The Kier molecular flexibility index (Phi) is 6.32. The normalized spacial score (nSPS) is 26.6. The molecule has 0 saturated carbocycles. The molecule has 1 heterocycles. The van der Waals surface area contributed by atoms with E-state index in [9.17, 15) is 0 Å². The SMILES string of the molecule is CCNC1CCOCC1N(C)C(CC)CC. The van der Waals surface area contributed by atoms with Gasteiger partial charge in [0.25, 0.3) is 0 Å². The molecule has 3 nitrogen and oxygen atoms in total. The zero-order valence-corrected chi connectivity index (χ0v) is 11.3. The van der Waals surface area contributed by atoms with Crippen LogP contribution in [0.1, 0.15) is 40.0 Å². The summed E-state index contributed by atoms with van der Waals surface area (Å²) in [6.45, 7) is 9.57. The monoisotopic (exact) mass is 228 g/mol. The molecular formula is C13H28N2O. The number of nitrogens with zero attached hydrogens (tertiary/aromatic N) is 1. The van der Waals surface area contributed by atoms with E-state index in [0.29, 0.717) is 18.1 Å². The zero-order chi connectivity index (χ0) is 12.0. The minimum Gasteiger partial charge on any atom is -0.380 e. The van der Waals surface area contributed by atoms with Gasteiger partial charge in [-0.1, -0.05) is 20.8 Å². The lowest BCUT2D eigenvalue weighted by Crippen LogP contribution is -2.56. The first-order chi connectivity index (χ1) is 7.74. The molecule has 0 radical (unpaired) electrons. The van der Waals surface area contributed by atoms with Gasteiger partial charge in [-0.2, -0.15) is 0 Å². The summed E-state index contributed by atoms with van der Waals surface area (Å²) in [6.07, 6.45) is 3.59. The van der Waals surface area contributed by atoms with Gasteiger partial charge in [-0.05, 0) is 32.9 Å². The molecule has 2 unspecified atom stereocenters. The van der Waals surface area contributed by atoms with E-state index in [1.165, 1.54) is 12.8 Å². The smallest absolute Gasteiger partial charge is 0.0637 e. The molecule has 1 aliphatic heterocycles. The average molecular weight is 228 g/mol. The van der Waals surface area contributed by atoms with Gasteiger partial charge in [0.05, 0.1) is 6.61 Å². The van der Waals surface area contributed by atoms with Crippen LogP contribution in [0.4, 0.5) is 0 Å². The Morgan fingerprint density at radius 2 is 2.00 bits per heavy atom. The van der Waals surface area contributed by atoms with Crippen LogP contribution in [0.3, 0.4) is 0 Å². The van der Waals surface area contributed by atoms with Crippen molar-refractivity contribution in [2.45, 2.75) is 58.2 Å². The van der Waals surface area contributed by atoms with Crippen LogP contribution in [-0.4, -0.2) is 49.8 Å². The van der Waals surface area contributed by atoms with Gasteiger partial charge in [0.1, 0.15) is 0 Å². The third-order valence-electron chi connectivity index (χ3n) is 3.83. The standard InChI is InChI=1S/C13H28N2O/c1-5-11(6-2)15(4)13-10-16-9-8-12(13)14-7-3/h11-14H,5-10H2,1-4H3. The van der Waals surface area contributed by atoms with Crippen LogP contribution in [0.15, 0.2) is 0 Å². The number of nitrogens with one attached hydrogen (secondary N) is 1. The van der Waals surface area contributed by atoms with E-state index in [-0.39, 0.29) is 0 Å². The fourth-order valence-corrected chi connectivity index (χ4v) is 2.76. The van der Waals surface area contributed by atoms with E-state index in [1.807, 2.05) is 0 Å². The Balaban J connectivity index is 2.58. The number of rotatable bonds is 6. The summed E-state index contributed by atoms with van der Waals surface area (Å²) in [4.78, 5) is 2.52. The van der Waals surface area contributed by atoms with Crippen LogP contribution in [0.2, 0.25) is 0 Å². The Morgan fingerprint density at radius 1 is 1.31 bits per heavy atom. The van der Waals surface area contributed by atoms with Crippen molar-refractivity contribution in [3.8, 4) is 0 Å². The third-order valence-corrected chi connectivity index (χ3v) is 3.83. The minimum atomic E-state index is 0.540. The first kappa shape index (κ1) is 13.9. The Labute approximate surface area is 101 Å². The Hall–Kier alpha value is -0.120. The molecule has 1 fully saturated rings. The number of likely N-dealkylation sites (N-methyl/N-ethyl adjacent to an activating group) is 2. The van der Waals surface area contributed by atoms with Gasteiger partial charge in [0, 0.05) is 24.7 Å². The quantitative estimate of drug-likeness (QED) is 0.751. The van der Waals surface area contributed by atoms with E-state index >= 15 is 0 Å². The summed E-state index contributed by atoms with van der Waals surface area (Å²) in [7, 11) is 2.25. The molecule has 1 rings (SSSR count). The maximum absolute atomic E-state index is 5.64. The van der Waals surface area contributed by atoms with Gasteiger partial charge in [0.15, 0.2) is 0 Å². The molecule has 3 heteroatoms. The van der Waals surface area contributed by atoms with Crippen molar-refractivity contribution in [1.29, 1.82) is 0 Å². The lowest BCUT2D eigenvalue weighted by molar-refractivity contribution is -0.00931. The molecule has 0 bridgehead atoms. The molecule has 2 atom stereocenters. The van der Waals surface area contributed by atoms with Gasteiger partial charge < -0.3 is 10.1 Å². The molecule has 0 aromatic rings. The maximum Gasteiger partial charge on any atom is 0.0637 e. The van der Waals surface area contributed by atoms with Crippen molar-refractivity contribution in [3.63, 3.8) is 0 Å². The van der Waals surface area contributed by atoms with Crippen LogP contribution in [0.5, 0.6) is 0 Å². The van der Waals surface area contributed by atoms with Crippen LogP contribution in [0, 0.1) is 0 Å².